The standard InChI is InChI=1S/C23H36N2O6/c1-16(2)19(26)24(12-14-30-21(28)18(5)6)10-11-25(20(27)17(3)4)13-15-31-22(29)23(7,8)9/h1,3,5,10-15H2,2,4,6-9H3. The smallest absolute Gasteiger partial charge is 0.333 e. The molecule has 0 rings (SSSR count). The van der Waals surface area contributed by atoms with E-state index in [2.05, 4.69) is 19.7 Å². The van der Waals surface area contributed by atoms with Crippen LogP contribution in [0, 0.1) is 5.41 Å². The second kappa shape index (κ2) is 12.7. The molecule has 0 aliphatic carbocycles. The normalized spacial score (nSPS) is 10.6. The van der Waals surface area contributed by atoms with Crippen molar-refractivity contribution in [1.29, 1.82) is 0 Å². The minimum Gasteiger partial charge on any atom is -0.463 e. The average molecular weight is 437 g/mol. The summed E-state index contributed by atoms with van der Waals surface area (Å²) in [4.78, 5) is 51.4. The molecule has 0 fully saturated rings. The highest BCUT2D eigenvalue weighted by atomic mass is 16.5. The minimum absolute atomic E-state index is 0.0116. The van der Waals surface area contributed by atoms with Crippen LogP contribution in [0.25, 0.3) is 0 Å². The van der Waals surface area contributed by atoms with Gasteiger partial charge < -0.3 is 19.3 Å². The lowest BCUT2D eigenvalue weighted by molar-refractivity contribution is -0.154. The quantitative estimate of drug-likeness (QED) is 0.345. The third-order valence-electron chi connectivity index (χ3n) is 4.09. The van der Waals surface area contributed by atoms with Crippen LogP contribution in [-0.4, -0.2) is 72.9 Å². The predicted molar refractivity (Wildman–Crippen MR) is 119 cm³/mol. The molecule has 0 aromatic heterocycles. The molecule has 8 nitrogen and oxygen atoms in total. The maximum Gasteiger partial charge on any atom is 0.333 e. The molecule has 0 aromatic rings. The molecule has 31 heavy (non-hydrogen) atoms. The van der Waals surface area contributed by atoms with Crippen molar-refractivity contribution in [2.75, 3.05) is 39.4 Å². The van der Waals surface area contributed by atoms with Gasteiger partial charge in [-0.3, -0.25) is 14.4 Å². The fraction of sp³-hybridized carbons (Fsp3) is 0.565. The second-order valence-electron chi connectivity index (χ2n) is 8.45. The van der Waals surface area contributed by atoms with E-state index in [-0.39, 0.29) is 62.7 Å². The molecule has 0 saturated carbocycles. The molecule has 0 unspecified atom stereocenters. The van der Waals surface area contributed by atoms with Gasteiger partial charge in [-0.2, -0.15) is 0 Å². The number of hydrogen-bond acceptors (Lipinski definition) is 6. The van der Waals surface area contributed by atoms with Crippen molar-refractivity contribution in [3.63, 3.8) is 0 Å². The van der Waals surface area contributed by atoms with Gasteiger partial charge in [0, 0.05) is 29.8 Å². The minimum atomic E-state index is -0.644. The van der Waals surface area contributed by atoms with Gasteiger partial charge in [-0.05, 0) is 41.5 Å². The lowest BCUT2D eigenvalue weighted by Gasteiger charge is -2.28. The first-order valence-corrected chi connectivity index (χ1v) is 10.1. The van der Waals surface area contributed by atoms with Gasteiger partial charge in [0.2, 0.25) is 11.8 Å². The largest absolute Gasteiger partial charge is 0.463 e. The van der Waals surface area contributed by atoms with Gasteiger partial charge in [0.1, 0.15) is 13.2 Å². The molecule has 0 aromatic carbocycles. The molecule has 174 valence electrons. The van der Waals surface area contributed by atoms with Gasteiger partial charge in [-0.15, -0.1) is 0 Å². The topological polar surface area (TPSA) is 93.2 Å². The van der Waals surface area contributed by atoms with Crippen molar-refractivity contribution in [3.05, 3.63) is 36.5 Å². The zero-order chi connectivity index (χ0) is 24.4. The number of ether oxygens (including phenoxy) is 2. The van der Waals surface area contributed by atoms with E-state index in [1.54, 1.807) is 34.6 Å². The summed E-state index contributed by atoms with van der Waals surface area (Å²) >= 11 is 0. The van der Waals surface area contributed by atoms with E-state index in [0.29, 0.717) is 11.1 Å². The van der Waals surface area contributed by atoms with Gasteiger partial charge in [0.05, 0.1) is 18.5 Å². The van der Waals surface area contributed by atoms with Crippen LogP contribution in [0.5, 0.6) is 0 Å². The highest BCUT2D eigenvalue weighted by molar-refractivity contribution is 5.93. The van der Waals surface area contributed by atoms with Gasteiger partial charge in [0.15, 0.2) is 0 Å². The van der Waals surface area contributed by atoms with Gasteiger partial charge >= 0.3 is 11.9 Å². The molecular weight excluding hydrogens is 400 g/mol. The van der Waals surface area contributed by atoms with Gasteiger partial charge in [-0.1, -0.05) is 19.7 Å². The van der Waals surface area contributed by atoms with Crippen LogP contribution in [0.2, 0.25) is 0 Å². The Hall–Kier alpha value is -2.90. The molecule has 2 amide bonds. The van der Waals surface area contributed by atoms with Crippen molar-refractivity contribution in [2.45, 2.75) is 41.5 Å². The Labute approximate surface area is 185 Å². The van der Waals surface area contributed by atoms with Crippen molar-refractivity contribution >= 4 is 23.8 Å². The van der Waals surface area contributed by atoms with E-state index in [4.69, 9.17) is 9.47 Å². The second-order valence-corrected chi connectivity index (χ2v) is 8.45. The lowest BCUT2D eigenvalue weighted by Crippen LogP contribution is -2.44. The maximum absolute atomic E-state index is 12.5. The highest BCUT2D eigenvalue weighted by Crippen LogP contribution is 2.15. The molecule has 0 bridgehead atoms. The molecule has 0 N–H and O–H groups in total. The van der Waals surface area contributed by atoms with E-state index in [0.717, 1.165) is 0 Å². The zero-order valence-electron chi connectivity index (χ0n) is 19.7. The molecule has 8 heteroatoms. The molecule has 0 aliphatic heterocycles. The Bertz CT molecular complexity index is 733. The van der Waals surface area contributed by atoms with Gasteiger partial charge in [-0.25, -0.2) is 4.79 Å². The monoisotopic (exact) mass is 436 g/mol. The fourth-order valence-electron chi connectivity index (χ4n) is 2.25. The van der Waals surface area contributed by atoms with E-state index in [1.807, 2.05) is 0 Å². The van der Waals surface area contributed by atoms with Crippen LogP contribution in [0.1, 0.15) is 41.5 Å². The van der Waals surface area contributed by atoms with Crippen LogP contribution in [0.15, 0.2) is 36.5 Å². The molecule has 0 spiro atoms. The van der Waals surface area contributed by atoms with E-state index in [9.17, 15) is 19.2 Å². The summed E-state index contributed by atoms with van der Waals surface area (Å²) in [5.74, 6) is -1.52. The van der Waals surface area contributed by atoms with Crippen LogP contribution in [0.4, 0.5) is 0 Å². The molecule has 0 heterocycles. The van der Waals surface area contributed by atoms with E-state index >= 15 is 0 Å². The highest BCUT2D eigenvalue weighted by Gasteiger charge is 2.24. The number of amides is 2. The Morgan fingerprint density at radius 1 is 0.677 bits per heavy atom. The van der Waals surface area contributed by atoms with Crippen LogP contribution >= 0.6 is 0 Å². The summed E-state index contributed by atoms with van der Waals surface area (Å²) in [7, 11) is 0. The molecule has 0 radical (unpaired) electrons. The first-order valence-electron chi connectivity index (χ1n) is 10.1. The Morgan fingerprint density at radius 2 is 1.06 bits per heavy atom. The summed E-state index contributed by atoms with van der Waals surface area (Å²) in [6.45, 7) is 21.5. The maximum atomic E-state index is 12.5. The first-order chi connectivity index (χ1) is 14.2. The molecular formula is C23H36N2O6. The number of carbonyl (C=O) groups is 4. The summed E-state index contributed by atoms with van der Waals surface area (Å²) in [6.07, 6.45) is 0. The van der Waals surface area contributed by atoms with Crippen LogP contribution < -0.4 is 0 Å². The Kier molecular flexibility index (Phi) is 11.5. The number of carbonyl (C=O) groups excluding carboxylic acids is 4. The summed E-state index contributed by atoms with van der Waals surface area (Å²) in [5, 5.41) is 0. The number of hydrogen-bond donors (Lipinski definition) is 0. The Balaban J connectivity index is 5.10. The SMILES string of the molecule is C=C(C)C(=O)OCCN(CCN(CCOC(=O)C(C)(C)C)C(=O)C(=C)C)C(=O)C(=C)C. The van der Waals surface area contributed by atoms with Crippen LogP contribution in [-0.2, 0) is 28.7 Å². The van der Waals surface area contributed by atoms with Crippen molar-refractivity contribution in [2.24, 2.45) is 5.41 Å². The molecule has 0 saturated heterocycles. The molecule has 0 atom stereocenters. The molecule has 0 aliphatic rings. The number of nitrogens with zero attached hydrogens (tertiary/aromatic N) is 2. The fourth-order valence-corrected chi connectivity index (χ4v) is 2.25. The third-order valence-corrected chi connectivity index (χ3v) is 4.09. The van der Waals surface area contributed by atoms with E-state index in [1.165, 1.54) is 16.7 Å². The van der Waals surface area contributed by atoms with Crippen molar-refractivity contribution in [3.8, 4) is 0 Å². The first kappa shape index (κ1) is 28.1. The van der Waals surface area contributed by atoms with E-state index < -0.39 is 11.4 Å². The zero-order valence-corrected chi connectivity index (χ0v) is 19.7. The number of rotatable bonds is 12. The lowest BCUT2D eigenvalue weighted by atomic mass is 9.97. The summed E-state index contributed by atoms with van der Waals surface area (Å²) in [5.41, 5.74) is 0.272. The number of esters is 2. The van der Waals surface area contributed by atoms with Crippen LogP contribution in [0.3, 0.4) is 0 Å². The third kappa shape index (κ3) is 10.6. The average Bonchev–Trinajstić information content (AvgIpc) is 2.66. The van der Waals surface area contributed by atoms with Crippen molar-refractivity contribution < 1.29 is 28.7 Å². The van der Waals surface area contributed by atoms with Gasteiger partial charge in [0.25, 0.3) is 0 Å². The Morgan fingerprint density at radius 3 is 1.39 bits per heavy atom. The van der Waals surface area contributed by atoms with Crippen molar-refractivity contribution in [1.82, 2.24) is 9.80 Å². The summed E-state index contributed by atoms with van der Waals surface area (Å²) in [6, 6.07) is 0. The predicted octanol–water partition coefficient (Wildman–Crippen LogP) is 2.50. The summed E-state index contributed by atoms with van der Waals surface area (Å²) < 4.78 is 10.3.